The largest absolute Gasteiger partial charge is 0.465 e. The van der Waals surface area contributed by atoms with E-state index in [1.54, 1.807) is 0 Å². The lowest BCUT2D eigenvalue weighted by Gasteiger charge is -2.02. The number of rotatable bonds is 2. The summed E-state index contributed by atoms with van der Waals surface area (Å²) in [6, 6.07) is 2.83. The van der Waals surface area contributed by atoms with Crippen molar-refractivity contribution < 1.29 is 13.9 Å². The number of H-pyrrole nitrogens is 1. The van der Waals surface area contributed by atoms with Crippen molar-refractivity contribution in [2.24, 2.45) is 0 Å². The van der Waals surface area contributed by atoms with E-state index in [4.69, 9.17) is 5.73 Å². The van der Waals surface area contributed by atoms with Crippen LogP contribution in [0.1, 0.15) is 34.7 Å². The summed E-state index contributed by atoms with van der Waals surface area (Å²) in [5.74, 6) is -0.309. The first-order valence-corrected chi connectivity index (χ1v) is 5.80. The highest BCUT2D eigenvalue weighted by Crippen LogP contribution is 2.44. The van der Waals surface area contributed by atoms with Gasteiger partial charge in [-0.3, -0.25) is 0 Å². The molecular formula is C13H13FN2O2. The van der Waals surface area contributed by atoms with Crippen LogP contribution in [0.15, 0.2) is 12.1 Å². The molecule has 0 spiro atoms. The molecule has 0 atom stereocenters. The van der Waals surface area contributed by atoms with Gasteiger partial charge in [-0.05, 0) is 36.5 Å². The van der Waals surface area contributed by atoms with Crippen molar-refractivity contribution in [3.05, 3.63) is 29.1 Å². The lowest BCUT2D eigenvalue weighted by molar-refractivity contribution is 0.0604. The van der Waals surface area contributed by atoms with Gasteiger partial charge in [0, 0.05) is 5.39 Å². The standard InChI is InChI=1S/C13H13FN2O2/c1-18-13(17)10-9-5-7(14)4-8(6-2-3-6)11(9)16-12(10)15/h4-6,16H,2-3,15H2,1H3. The number of anilines is 1. The number of nitrogens with one attached hydrogen (secondary N) is 1. The summed E-state index contributed by atoms with van der Waals surface area (Å²) >= 11 is 0. The second-order valence-corrected chi connectivity index (χ2v) is 4.60. The maximum Gasteiger partial charge on any atom is 0.342 e. The van der Waals surface area contributed by atoms with Gasteiger partial charge in [-0.1, -0.05) is 0 Å². The van der Waals surface area contributed by atoms with E-state index in [1.807, 2.05) is 0 Å². The Hall–Kier alpha value is -2.04. The number of nitrogens with two attached hydrogens (primary N) is 1. The lowest BCUT2D eigenvalue weighted by Crippen LogP contribution is -2.03. The van der Waals surface area contributed by atoms with Gasteiger partial charge in [-0.2, -0.15) is 0 Å². The molecule has 1 fully saturated rings. The van der Waals surface area contributed by atoms with Gasteiger partial charge in [0.05, 0.1) is 12.6 Å². The maximum atomic E-state index is 13.6. The average Bonchev–Trinajstić information content (AvgIpc) is 3.11. The Kier molecular flexibility index (Phi) is 2.29. The smallest absolute Gasteiger partial charge is 0.342 e. The third-order valence-corrected chi connectivity index (χ3v) is 3.34. The number of halogens is 1. The number of carbonyl (C=O) groups excluding carboxylic acids is 1. The summed E-state index contributed by atoms with van der Waals surface area (Å²) in [5.41, 5.74) is 7.65. The van der Waals surface area contributed by atoms with Crippen molar-refractivity contribution in [2.75, 3.05) is 12.8 Å². The molecule has 5 heteroatoms. The number of nitrogen functional groups attached to an aromatic ring is 1. The minimum atomic E-state index is -0.550. The number of ether oxygens (including phenoxy) is 1. The Morgan fingerprint density at radius 3 is 2.83 bits per heavy atom. The van der Waals surface area contributed by atoms with E-state index in [9.17, 15) is 9.18 Å². The molecule has 3 rings (SSSR count). The van der Waals surface area contributed by atoms with Gasteiger partial charge < -0.3 is 15.5 Å². The molecule has 1 aromatic carbocycles. The molecule has 1 heterocycles. The maximum absolute atomic E-state index is 13.6. The van der Waals surface area contributed by atoms with E-state index >= 15 is 0 Å². The topological polar surface area (TPSA) is 68.1 Å². The number of esters is 1. The van der Waals surface area contributed by atoms with Crippen molar-refractivity contribution in [3.63, 3.8) is 0 Å². The fraction of sp³-hybridized carbons (Fsp3) is 0.308. The van der Waals surface area contributed by atoms with Crippen LogP contribution < -0.4 is 5.73 Å². The number of benzene rings is 1. The Balaban J connectivity index is 2.31. The highest BCUT2D eigenvalue weighted by molar-refractivity contribution is 6.09. The first-order chi connectivity index (χ1) is 8.61. The molecule has 0 saturated heterocycles. The van der Waals surface area contributed by atoms with Gasteiger partial charge in [0.2, 0.25) is 0 Å². The van der Waals surface area contributed by atoms with Crippen molar-refractivity contribution in [3.8, 4) is 0 Å². The van der Waals surface area contributed by atoms with Gasteiger partial charge >= 0.3 is 5.97 Å². The Morgan fingerprint density at radius 1 is 1.50 bits per heavy atom. The van der Waals surface area contributed by atoms with Crippen molar-refractivity contribution >= 4 is 22.7 Å². The molecule has 94 valence electrons. The number of aromatic amines is 1. The molecule has 18 heavy (non-hydrogen) atoms. The second-order valence-electron chi connectivity index (χ2n) is 4.60. The van der Waals surface area contributed by atoms with Gasteiger partial charge in [-0.15, -0.1) is 0 Å². The Labute approximate surface area is 103 Å². The predicted octanol–water partition coefficient (Wildman–Crippen LogP) is 2.55. The molecule has 1 saturated carbocycles. The summed E-state index contributed by atoms with van der Waals surface area (Å²) < 4.78 is 18.3. The molecule has 0 bridgehead atoms. The van der Waals surface area contributed by atoms with E-state index in [1.165, 1.54) is 19.2 Å². The third-order valence-electron chi connectivity index (χ3n) is 3.34. The van der Waals surface area contributed by atoms with Gasteiger partial charge in [-0.25, -0.2) is 9.18 Å². The molecule has 0 unspecified atom stereocenters. The van der Waals surface area contributed by atoms with Gasteiger partial charge in [0.1, 0.15) is 17.2 Å². The van der Waals surface area contributed by atoms with Crippen LogP contribution >= 0.6 is 0 Å². The zero-order chi connectivity index (χ0) is 12.9. The molecule has 1 aliphatic carbocycles. The lowest BCUT2D eigenvalue weighted by atomic mass is 10.0. The third kappa shape index (κ3) is 1.54. The van der Waals surface area contributed by atoms with Crippen LogP contribution in [0.2, 0.25) is 0 Å². The van der Waals surface area contributed by atoms with Crippen LogP contribution in [0.4, 0.5) is 10.2 Å². The second kappa shape index (κ2) is 3.73. The zero-order valence-corrected chi connectivity index (χ0v) is 9.92. The van der Waals surface area contributed by atoms with E-state index in [0.29, 0.717) is 11.3 Å². The fourth-order valence-corrected chi connectivity index (χ4v) is 2.35. The minimum absolute atomic E-state index is 0.217. The molecule has 1 aliphatic rings. The van der Waals surface area contributed by atoms with E-state index < -0.39 is 5.97 Å². The minimum Gasteiger partial charge on any atom is -0.465 e. The number of carbonyl (C=O) groups is 1. The summed E-state index contributed by atoms with van der Waals surface area (Å²) in [6.45, 7) is 0. The molecule has 0 aliphatic heterocycles. The van der Waals surface area contributed by atoms with Gasteiger partial charge in [0.25, 0.3) is 0 Å². The predicted molar refractivity (Wildman–Crippen MR) is 66.0 cm³/mol. The van der Waals surface area contributed by atoms with E-state index in [2.05, 4.69) is 9.72 Å². The average molecular weight is 248 g/mol. The van der Waals surface area contributed by atoms with Crippen molar-refractivity contribution in [1.29, 1.82) is 0 Å². The molecular weight excluding hydrogens is 235 g/mol. The number of hydrogen-bond acceptors (Lipinski definition) is 3. The van der Waals surface area contributed by atoms with Crippen LogP contribution in [-0.4, -0.2) is 18.1 Å². The normalized spacial score (nSPS) is 15.0. The van der Waals surface area contributed by atoms with Crippen LogP contribution in [0.25, 0.3) is 10.9 Å². The first kappa shape index (κ1) is 11.1. The zero-order valence-electron chi connectivity index (χ0n) is 9.92. The van der Waals surface area contributed by atoms with Crippen LogP contribution in [0.3, 0.4) is 0 Å². The number of hydrogen-bond donors (Lipinski definition) is 2. The van der Waals surface area contributed by atoms with Crippen LogP contribution in [0, 0.1) is 5.82 Å². The molecule has 3 N–H and O–H groups in total. The molecule has 0 radical (unpaired) electrons. The SMILES string of the molecule is COC(=O)c1c(N)[nH]c2c(C3CC3)cc(F)cc12. The summed E-state index contributed by atoms with van der Waals surface area (Å²) in [7, 11) is 1.28. The number of fused-ring (bicyclic) bond motifs is 1. The summed E-state index contributed by atoms with van der Waals surface area (Å²) in [6.07, 6.45) is 2.09. The molecule has 4 nitrogen and oxygen atoms in total. The van der Waals surface area contributed by atoms with Crippen LogP contribution in [-0.2, 0) is 4.74 Å². The van der Waals surface area contributed by atoms with Crippen LogP contribution in [0.5, 0.6) is 0 Å². The quantitative estimate of drug-likeness (QED) is 0.802. The Bertz CT molecular complexity index is 644. The van der Waals surface area contributed by atoms with Crippen molar-refractivity contribution in [1.82, 2.24) is 4.98 Å². The summed E-state index contributed by atoms with van der Waals surface area (Å²) in [5, 5.41) is 0.501. The Morgan fingerprint density at radius 2 is 2.22 bits per heavy atom. The highest BCUT2D eigenvalue weighted by atomic mass is 19.1. The van der Waals surface area contributed by atoms with E-state index in [-0.39, 0.29) is 17.2 Å². The first-order valence-electron chi connectivity index (χ1n) is 5.80. The monoisotopic (exact) mass is 248 g/mol. The van der Waals surface area contributed by atoms with Crippen molar-refractivity contribution in [2.45, 2.75) is 18.8 Å². The highest BCUT2D eigenvalue weighted by Gasteiger charge is 2.29. The van der Waals surface area contributed by atoms with Gasteiger partial charge in [0.15, 0.2) is 0 Å². The fourth-order valence-electron chi connectivity index (χ4n) is 2.35. The molecule has 1 aromatic heterocycles. The number of methoxy groups -OCH3 is 1. The van der Waals surface area contributed by atoms with E-state index in [0.717, 1.165) is 23.9 Å². The molecule has 2 aromatic rings. The summed E-state index contributed by atoms with van der Waals surface area (Å²) in [4.78, 5) is 14.6. The molecule has 0 amide bonds. The number of aromatic nitrogens is 1.